The zero-order chi connectivity index (χ0) is 13.1. The van der Waals surface area contributed by atoms with E-state index in [-0.39, 0.29) is 11.3 Å². The first kappa shape index (κ1) is 12.2. The number of carboxylic acid groups (broad SMARTS) is 1. The van der Waals surface area contributed by atoms with Crippen molar-refractivity contribution in [1.82, 2.24) is 0 Å². The van der Waals surface area contributed by atoms with Crippen molar-refractivity contribution >= 4 is 17.3 Å². The number of nitrogens with two attached hydrogens (primary N) is 1. The Morgan fingerprint density at radius 2 is 2.39 bits per heavy atom. The minimum Gasteiger partial charge on any atom is -0.478 e. The van der Waals surface area contributed by atoms with Crippen molar-refractivity contribution in [2.24, 2.45) is 0 Å². The van der Waals surface area contributed by atoms with Crippen molar-refractivity contribution in [2.45, 2.75) is 6.10 Å². The number of nitrogens with zero attached hydrogens (tertiary/aromatic N) is 2. The Kier molecular flexibility index (Phi) is 3.35. The van der Waals surface area contributed by atoms with Gasteiger partial charge in [0.05, 0.1) is 24.8 Å². The largest absolute Gasteiger partial charge is 0.478 e. The van der Waals surface area contributed by atoms with Gasteiger partial charge in [0.2, 0.25) is 0 Å². The van der Waals surface area contributed by atoms with Crippen molar-refractivity contribution in [3.63, 3.8) is 0 Å². The molecular weight excluding hydrogens is 234 g/mol. The van der Waals surface area contributed by atoms with Gasteiger partial charge in [-0.05, 0) is 18.2 Å². The number of hydrogen-bond donors (Lipinski definition) is 2. The molecule has 1 aliphatic heterocycles. The molecule has 6 heteroatoms. The van der Waals surface area contributed by atoms with E-state index < -0.39 is 12.1 Å². The summed E-state index contributed by atoms with van der Waals surface area (Å²) in [5, 5.41) is 17.7. The van der Waals surface area contributed by atoms with Gasteiger partial charge in [0, 0.05) is 17.9 Å². The Hall–Kier alpha value is -2.26. The molecule has 2 rings (SSSR count). The van der Waals surface area contributed by atoms with E-state index in [0.29, 0.717) is 19.7 Å². The molecule has 0 radical (unpaired) electrons. The van der Waals surface area contributed by atoms with Crippen molar-refractivity contribution in [1.29, 1.82) is 5.26 Å². The number of aromatic carboxylic acids is 1. The number of ether oxygens (including phenoxy) is 1. The van der Waals surface area contributed by atoms with Crippen LogP contribution >= 0.6 is 0 Å². The molecule has 94 valence electrons. The summed E-state index contributed by atoms with van der Waals surface area (Å²) >= 11 is 0. The van der Waals surface area contributed by atoms with Crippen LogP contribution in [0.15, 0.2) is 18.2 Å². The number of rotatable bonds is 2. The third-order valence-electron chi connectivity index (χ3n) is 2.84. The van der Waals surface area contributed by atoms with Crippen LogP contribution < -0.4 is 10.6 Å². The summed E-state index contributed by atoms with van der Waals surface area (Å²) in [4.78, 5) is 12.8. The molecule has 1 aromatic rings. The fourth-order valence-electron chi connectivity index (χ4n) is 1.90. The summed E-state index contributed by atoms with van der Waals surface area (Å²) in [6.07, 6.45) is -0.459. The second-order valence-corrected chi connectivity index (χ2v) is 4.01. The van der Waals surface area contributed by atoms with Crippen LogP contribution in [0.3, 0.4) is 0 Å². The summed E-state index contributed by atoms with van der Waals surface area (Å²) in [5.41, 5.74) is 6.81. The molecule has 1 fully saturated rings. The second kappa shape index (κ2) is 4.94. The maximum atomic E-state index is 10.9. The predicted molar refractivity (Wildman–Crippen MR) is 65.4 cm³/mol. The fraction of sp³-hybridized carbons (Fsp3) is 0.333. The lowest BCUT2D eigenvalue weighted by atomic mass is 10.1. The van der Waals surface area contributed by atoms with Crippen LogP contribution in [-0.2, 0) is 4.74 Å². The molecule has 3 N–H and O–H groups in total. The van der Waals surface area contributed by atoms with E-state index in [1.165, 1.54) is 6.07 Å². The van der Waals surface area contributed by atoms with Crippen molar-refractivity contribution in [3.05, 3.63) is 23.8 Å². The molecule has 18 heavy (non-hydrogen) atoms. The van der Waals surface area contributed by atoms with Gasteiger partial charge in [-0.2, -0.15) is 5.26 Å². The molecule has 1 unspecified atom stereocenters. The van der Waals surface area contributed by atoms with Gasteiger partial charge in [0.1, 0.15) is 0 Å². The highest BCUT2D eigenvalue weighted by molar-refractivity contribution is 5.94. The molecule has 1 aliphatic rings. The highest BCUT2D eigenvalue weighted by atomic mass is 16.5. The molecule has 0 spiro atoms. The average molecular weight is 247 g/mol. The van der Waals surface area contributed by atoms with Crippen LogP contribution in [0.2, 0.25) is 0 Å². The number of anilines is 2. The lowest BCUT2D eigenvalue weighted by molar-refractivity contribution is 0.0697. The molecule has 0 aliphatic carbocycles. The molecule has 0 amide bonds. The smallest absolute Gasteiger partial charge is 0.337 e. The lowest BCUT2D eigenvalue weighted by Gasteiger charge is -2.31. The number of carboxylic acids is 1. The minimum atomic E-state index is -1.05. The molecule has 1 heterocycles. The van der Waals surface area contributed by atoms with Gasteiger partial charge in [-0.1, -0.05) is 0 Å². The topological polar surface area (TPSA) is 99.6 Å². The number of hydrogen-bond acceptors (Lipinski definition) is 5. The predicted octanol–water partition coefficient (Wildman–Crippen LogP) is 0.696. The highest BCUT2D eigenvalue weighted by Gasteiger charge is 2.21. The van der Waals surface area contributed by atoms with Crippen molar-refractivity contribution in [2.75, 3.05) is 30.3 Å². The third kappa shape index (κ3) is 2.36. The van der Waals surface area contributed by atoms with Gasteiger partial charge < -0.3 is 20.5 Å². The van der Waals surface area contributed by atoms with Gasteiger partial charge in [0.15, 0.2) is 6.10 Å². The van der Waals surface area contributed by atoms with Crippen molar-refractivity contribution < 1.29 is 14.6 Å². The van der Waals surface area contributed by atoms with Gasteiger partial charge >= 0.3 is 5.97 Å². The highest BCUT2D eigenvalue weighted by Crippen LogP contribution is 2.23. The Morgan fingerprint density at radius 3 is 3.00 bits per heavy atom. The zero-order valence-electron chi connectivity index (χ0n) is 9.67. The SMILES string of the molecule is N#CC1CN(c2ccc(C(=O)O)c(N)c2)CCO1. The van der Waals surface area contributed by atoms with Crippen LogP contribution in [0.4, 0.5) is 11.4 Å². The summed E-state index contributed by atoms with van der Waals surface area (Å²) < 4.78 is 5.24. The monoisotopic (exact) mass is 247 g/mol. The molecule has 6 nitrogen and oxygen atoms in total. The normalized spacial score (nSPS) is 19.3. The lowest BCUT2D eigenvalue weighted by Crippen LogP contribution is -2.41. The van der Waals surface area contributed by atoms with E-state index in [1.54, 1.807) is 12.1 Å². The Bertz CT molecular complexity index is 510. The first-order chi connectivity index (χ1) is 8.61. The van der Waals surface area contributed by atoms with Crippen LogP contribution in [0.25, 0.3) is 0 Å². The van der Waals surface area contributed by atoms with Gasteiger partial charge in [-0.3, -0.25) is 0 Å². The molecule has 0 aromatic heterocycles. The number of carbonyl (C=O) groups is 1. The first-order valence-corrected chi connectivity index (χ1v) is 5.51. The summed E-state index contributed by atoms with van der Waals surface area (Å²) in [7, 11) is 0. The van der Waals surface area contributed by atoms with E-state index in [4.69, 9.17) is 20.8 Å². The van der Waals surface area contributed by atoms with E-state index in [1.807, 2.05) is 4.90 Å². The summed E-state index contributed by atoms with van der Waals surface area (Å²) in [6, 6.07) is 6.84. The average Bonchev–Trinajstić information content (AvgIpc) is 2.38. The number of morpholine rings is 1. The van der Waals surface area contributed by atoms with Crippen LogP contribution in [-0.4, -0.2) is 36.9 Å². The Morgan fingerprint density at radius 1 is 1.61 bits per heavy atom. The fourth-order valence-corrected chi connectivity index (χ4v) is 1.90. The zero-order valence-corrected chi connectivity index (χ0v) is 9.67. The molecular formula is C12H13N3O3. The number of nitriles is 1. The Balaban J connectivity index is 2.21. The maximum Gasteiger partial charge on any atom is 0.337 e. The maximum absolute atomic E-state index is 10.9. The summed E-state index contributed by atoms with van der Waals surface area (Å²) in [6.45, 7) is 1.59. The standard InChI is InChI=1S/C12H13N3O3/c13-6-9-7-15(3-4-18-9)8-1-2-10(12(16)17)11(14)5-8/h1-2,5,9H,3-4,7,14H2,(H,16,17). The molecule has 0 saturated carbocycles. The van der Waals surface area contributed by atoms with Gasteiger partial charge in [-0.15, -0.1) is 0 Å². The van der Waals surface area contributed by atoms with Crippen LogP contribution in [0, 0.1) is 11.3 Å². The van der Waals surface area contributed by atoms with E-state index in [0.717, 1.165) is 5.69 Å². The third-order valence-corrected chi connectivity index (χ3v) is 2.84. The molecule has 1 aromatic carbocycles. The molecule has 0 bridgehead atoms. The number of nitrogen functional groups attached to an aromatic ring is 1. The first-order valence-electron chi connectivity index (χ1n) is 5.51. The van der Waals surface area contributed by atoms with E-state index >= 15 is 0 Å². The van der Waals surface area contributed by atoms with Gasteiger partial charge in [-0.25, -0.2) is 4.79 Å². The molecule has 1 atom stereocenters. The molecule has 1 saturated heterocycles. The second-order valence-electron chi connectivity index (χ2n) is 4.01. The van der Waals surface area contributed by atoms with Crippen LogP contribution in [0.1, 0.15) is 10.4 Å². The summed E-state index contributed by atoms with van der Waals surface area (Å²) in [5.74, 6) is -1.05. The van der Waals surface area contributed by atoms with Crippen LogP contribution in [0.5, 0.6) is 0 Å². The number of benzene rings is 1. The van der Waals surface area contributed by atoms with E-state index in [2.05, 4.69) is 6.07 Å². The Labute approximate surface area is 104 Å². The minimum absolute atomic E-state index is 0.0869. The van der Waals surface area contributed by atoms with Gasteiger partial charge in [0.25, 0.3) is 0 Å². The van der Waals surface area contributed by atoms with Crippen molar-refractivity contribution in [3.8, 4) is 6.07 Å². The quantitative estimate of drug-likeness (QED) is 0.746. The van der Waals surface area contributed by atoms with E-state index in [9.17, 15) is 4.79 Å².